The lowest BCUT2D eigenvalue weighted by atomic mass is 10.2. The van der Waals surface area contributed by atoms with Crippen LogP contribution in [0.15, 0.2) is 35.7 Å². The summed E-state index contributed by atoms with van der Waals surface area (Å²) in [4.78, 5) is 6.37. The van der Waals surface area contributed by atoms with Gasteiger partial charge in [-0.2, -0.15) is 5.10 Å². The molecule has 112 valence electrons. The van der Waals surface area contributed by atoms with Crippen LogP contribution in [0.3, 0.4) is 0 Å². The summed E-state index contributed by atoms with van der Waals surface area (Å²) in [6, 6.07) is 7.48. The van der Waals surface area contributed by atoms with Crippen LogP contribution in [0, 0.1) is 0 Å². The van der Waals surface area contributed by atoms with Crippen molar-refractivity contribution in [2.75, 3.05) is 11.9 Å². The highest BCUT2D eigenvalue weighted by atomic mass is 16.4. The summed E-state index contributed by atoms with van der Waals surface area (Å²) in [5.41, 5.74) is 7.26. The Morgan fingerprint density at radius 2 is 2.10 bits per heavy atom. The van der Waals surface area contributed by atoms with Gasteiger partial charge in [-0.1, -0.05) is 12.1 Å². The van der Waals surface area contributed by atoms with Crippen LogP contribution in [0.1, 0.15) is 24.7 Å². The summed E-state index contributed by atoms with van der Waals surface area (Å²) in [5.74, 6) is 1.03. The largest absolute Gasteiger partial charge is 0.409 e. The van der Waals surface area contributed by atoms with E-state index in [1.54, 1.807) is 6.33 Å². The summed E-state index contributed by atoms with van der Waals surface area (Å²) in [6.45, 7) is 3.65. The minimum atomic E-state index is 0.104. The fraction of sp³-hybridized carbons (Fsp3) is 0.357. The van der Waals surface area contributed by atoms with E-state index >= 15 is 0 Å². The second-order valence-corrected chi connectivity index (χ2v) is 4.79. The lowest BCUT2D eigenvalue weighted by Crippen LogP contribution is -2.20. The van der Waals surface area contributed by atoms with Crippen LogP contribution < -0.4 is 10.6 Å². The zero-order chi connectivity index (χ0) is 15.2. The topological polar surface area (TPSA) is 92.6 Å². The lowest BCUT2D eigenvalue weighted by molar-refractivity contribution is 0.318. The Bertz CT molecular complexity index is 604. The molecule has 21 heavy (non-hydrogen) atoms. The Labute approximate surface area is 123 Å². The van der Waals surface area contributed by atoms with Gasteiger partial charge >= 0.3 is 0 Å². The molecule has 0 atom stereocenters. The summed E-state index contributed by atoms with van der Waals surface area (Å²) >= 11 is 0. The molecule has 0 bridgehead atoms. The molecule has 2 aromatic rings. The van der Waals surface area contributed by atoms with Gasteiger partial charge < -0.3 is 15.8 Å². The number of anilines is 1. The van der Waals surface area contributed by atoms with Crippen molar-refractivity contribution in [3.63, 3.8) is 0 Å². The van der Waals surface area contributed by atoms with Gasteiger partial charge in [0.05, 0.1) is 6.54 Å². The first kappa shape index (κ1) is 14.8. The third kappa shape index (κ3) is 3.50. The molecule has 2 rings (SSSR count). The second kappa shape index (κ2) is 6.74. The predicted molar refractivity (Wildman–Crippen MR) is 81.4 cm³/mol. The molecule has 0 aliphatic heterocycles. The summed E-state index contributed by atoms with van der Waals surface area (Å²) < 4.78 is 1.92. The Hall–Kier alpha value is -2.57. The van der Waals surface area contributed by atoms with E-state index in [2.05, 4.69) is 27.1 Å². The Morgan fingerprint density at radius 1 is 1.38 bits per heavy atom. The number of nitrogens with zero attached hydrogens (tertiary/aromatic N) is 5. The van der Waals surface area contributed by atoms with Crippen LogP contribution >= 0.6 is 0 Å². The molecule has 1 aromatic heterocycles. The first-order valence-electron chi connectivity index (χ1n) is 6.81. The highest BCUT2D eigenvalue weighted by Gasteiger charge is 2.08. The summed E-state index contributed by atoms with van der Waals surface area (Å²) in [5, 5.41) is 15.9. The molecular formula is C14H20N6O. The lowest BCUT2D eigenvalue weighted by Gasteiger charge is -2.19. The number of oxime groups is 1. The molecule has 3 N–H and O–H groups in total. The van der Waals surface area contributed by atoms with Gasteiger partial charge in [0.15, 0.2) is 5.84 Å². The first-order chi connectivity index (χ1) is 10.2. The van der Waals surface area contributed by atoms with Gasteiger partial charge in [-0.3, -0.25) is 0 Å². The van der Waals surface area contributed by atoms with Crippen LogP contribution in [0.2, 0.25) is 0 Å². The molecule has 0 unspecified atom stereocenters. The smallest absolute Gasteiger partial charge is 0.170 e. The minimum Gasteiger partial charge on any atom is -0.409 e. The van der Waals surface area contributed by atoms with Gasteiger partial charge in [0.25, 0.3) is 0 Å². The number of hydrogen-bond donors (Lipinski definition) is 2. The number of benzene rings is 1. The molecule has 1 aromatic carbocycles. The SMILES string of the molecule is CCCn1ncnc1CN(C)c1ccc(C(N)=NO)cc1. The van der Waals surface area contributed by atoms with E-state index in [1.807, 2.05) is 36.0 Å². The maximum absolute atomic E-state index is 8.65. The maximum atomic E-state index is 8.65. The van der Waals surface area contributed by atoms with Crippen molar-refractivity contribution in [3.8, 4) is 0 Å². The third-order valence-corrected chi connectivity index (χ3v) is 3.22. The normalized spacial score (nSPS) is 11.6. The Kier molecular flexibility index (Phi) is 4.76. The van der Waals surface area contributed by atoms with Crippen LogP contribution in [0.4, 0.5) is 5.69 Å². The van der Waals surface area contributed by atoms with Crippen molar-refractivity contribution in [1.82, 2.24) is 14.8 Å². The molecule has 0 saturated carbocycles. The van der Waals surface area contributed by atoms with Crippen LogP contribution in [-0.4, -0.2) is 32.9 Å². The molecule has 0 radical (unpaired) electrons. The molecule has 7 nitrogen and oxygen atoms in total. The van der Waals surface area contributed by atoms with E-state index in [0.29, 0.717) is 12.1 Å². The van der Waals surface area contributed by atoms with Crippen molar-refractivity contribution in [3.05, 3.63) is 42.0 Å². The van der Waals surface area contributed by atoms with Crippen LogP contribution in [0.25, 0.3) is 0 Å². The van der Waals surface area contributed by atoms with Crippen molar-refractivity contribution < 1.29 is 5.21 Å². The molecule has 1 heterocycles. The monoisotopic (exact) mass is 288 g/mol. The molecule has 7 heteroatoms. The molecule has 0 aliphatic carbocycles. The number of rotatable bonds is 6. The average Bonchev–Trinajstić information content (AvgIpc) is 2.94. The molecule has 0 amide bonds. The van der Waals surface area contributed by atoms with E-state index in [1.165, 1.54) is 0 Å². The summed E-state index contributed by atoms with van der Waals surface area (Å²) in [7, 11) is 1.99. The van der Waals surface area contributed by atoms with Crippen molar-refractivity contribution in [1.29, 1.82) is 0 Å². The fourth-order valence-electron chi connectivity index (χ4n) is 2.06. The fourth-order valence-corrected chi connectivity index (χ4v) is 2.06. The van der Waals surface area contributed by atoms with E-state index in [4.69, 9.17) is 10.9 Å². The zero-order valence-corrected chi connectivity index (χ0v) is 12.3. The minimum absolute atomic E-state index is 0.104. The Balaban J connectivity index is 2.09. The number of nitrogens with two attached hydrogens (primary N) is 1. The average molecular weight is 288 g/mol. The molecule has 0 fully saturated rings. The van der Waals surface area contributed by atoms with E-state index in [-0.39, 0.29) is 5.84 Å². The molecular weight excluding hydrogens is 268 g/mol. The van der Waals surface area contributed by atoms with E-state index in [9.17, 15) is 0 Å². The van der Waals surface area contributed by atoms with E-state index in [0.717, 1.165) is 24.5 Å². The quantitative estimate of drug-likeness (QED) is 0.363. The molecule has 0 spiro atoms. The van der Waals surface area contributed by atoms with Crippen molar-refractivity contribution in [2.45, 2.75) is 26.4 Å². The molecule has 0 aliphatic rings. The van der Waals surface area contributed by atoms with Crippen LogP contribution in [-0.2, 0) is 13.1 Å². The highest BCUT2D eigenvalue weighted by Crippen LogP contribution is 2.15. The highest BCUT2D eigenvalue weighted by molar-refractivity contribution is 5.97. The second-order valence-electron chi connectivity index (χ2n) is 4.79. The van der Waals surface area contributed by atoms with Crippen LogP contribution in [0.5, 0.6) is 0 Å². The van der Waals surface area contributed by atoms with Gasteiger partial charge in [0, 0.05) is 24.8 Å². The van der Waals surface area contributed by atoms with E-state index < -0.39 is 0 Å². The summed E-state index contributed by atoms with van der Waals surface area (Å²) in [6.07, 6.45) is 2.61. The third-order valence-electron chi connectivity index (χ3n) is 3.22. The predicted octanol–water partition coefficient (Wildman–Crippen LogP) is 1.42. The maximum Gasteiger partial charge on any atom is 0.170 e. The van der Waals surface area contributed by atoms with Crippen molar-refractivity contribution >= 4 is 11.5 Å². The van der Waals surface area contributed by atoms with Gasteiger partial charge in [-0.05, 0) is 30.7 Å². The number of amidine groups is 1. The zero-order valence-electron chi connectivity index (χ0n) is 12.3. The first-order valence-corrected chi connectivity index (χ1v) is 6.81. The standard InChI is InChI=1S/C14H20N6O/c1-3-8-20-13(16-10-17-20)9-19(2)12-6-4-11(5-7-12)14(15)18-21/h4-7,10,21H,3,8-9H2,1-2H3,(H2,15,18). The van der Waals surface area contributed by atoms with Crippen molar-refractivity contribution in [2.24, 2.45) is 10.9 Å². The number of aromatic nitrogens is 3. The Morgan fingerprint density at radius 3 is 2.71 bits per heavy atom. The van der Waals surface area contributed by atoms with Gasteiger partial charge in [-0.15, -0.1) is 0 Å². The number of aryl methyl sites for hydroxylation is 1. The number of hydrogen-bond acceptors (Lipinski definition) is 5. The molecule has 0 saturated heterocycles. The van der Waals surface area contributed by atoms with Gasteiger partial charge in [0.1, 0.15) is 12.2 Å². The van der Waals surface area contributed by atoms with Gasteiger partial charge in [-0.25, -0.2) is 9.67 Å². The van der Waals surface area contributed by atoms with Gasteiger partial charge in [0.2, 0.25) is 0 Å².